The fourth-order valence-electron chi connectivity index (χ4n) is 2.06. The number of hydrogen-bond acceptors (Lipinski definition) is 2. The van der Waals surface area contributed by atoms with Crippen LogP contribution in [0.2, 0.25) is 0 Å². The first-order valence-corrected chi connectivity index (χ1v) is 5.93. The molecule has 2 aromatic rings. The molecule has 5 heteroatoms. The van der Waals surface area contributed by atoms with Gasteiger partial charge in [0.1, 0.15) is 10.3 Å². The van der Waals surface area contributed by atoms with E-state index in [0.29, 0.717) is 22.6 Å². The lowest BCUT2D eigenvalue weighted by molar-refractivity contribution is 0.617. The summed E-state index contributed by atoms with van der Waals surface area (Å²) < 4.78 is 15.5. The molecule has 1 saturated carbocycles. The molecule has 0 atom stereocenters. The van der Waals surface area contributed by atoms with E-state index >= 15 is 0 Å². The smallest absolute Gasteiger partial charge is 0.193 e. The summed E-state index contributed by atoms with van der Waals surface area (Å²) >= 11 is 4.88. The van der Waals surface area contributed by atoms with Crippen molar-refractivity contribution in [1.82, 2.24) is 9.55 Å². The molecule has 1 N–H and O–H groups in total. The average Bonchev–Trinajstić information content (AvgIpc) is 3.10. The Balaban J connectivity index is 2.50. The van der Waals surface area contributed by atoms with Crippen LogP contribution in [0.3, 0.4) is 0 Å². The van der Waals surface area contributed by atoms with Gasteiger partial charge in [0.2, 0.25) is 0 Å². The number of H-pyrrole nitrogens is 1. The van der Waals surface area contributed by atoms with Crippen molar-refractivity contribution in [1.29, 1.82) is 0 Å². The van der Waals surface area contributed by atoms with E-state index in [1.54, 1.807) is 6.92 Å². The van der Waals surface area contributed by atoms with Crippen LogP contribution in [0.15, 0.2) is 17.1 Å². The Labute approximate surface area is 102 Å². The maximum atomic E-state index is 13.4. The lowest BCUT2D eigenvalue weighted by Crippen LogP contribution is -2.13. The molecule has 0 saturated heterocycles. The van der Waals surface area contributed by atoms with Crippen molar-refractivity contribution in [3.63, 3.8) is 0 Å². The van der Waals surface area contributed by atoms with Gasteiger partial charge >= 0.3 is 0 Å². The summed E-state index contributed by atoms with van der Waals surface area (Å²) in [4.78, 5) is 14.8. The molecule has 0 aliphatic heterocycles. The third-order valence-corrected chi connectivity index (χ3v) is 3.41. The van der Waals surface area contributed by atoms with Crippen molar-refractivity contribution >= 4 is 23.3 Å². The minimum Gasteiger partial charge on any atom is -0.330 e. The van der Waals surface area contributed by atoms with Gasteiger partial charge in [-0.15, -0.1) is 0 Å². The lowest BCUT2D eigenvalue weighted by Gasteiger charge is -2.10. The van der Waals surface area contributed by atoms with Gasteiger partial charge in [-0.3, -0.25) is 4.79 Å². The summed E-state index contributed by atoms with van der Waals surface area (Å²) in [5.41, 5.74) is 1.13. The van der Waals surface area contributed by atoms with Crippen LogP contribution in [0.25, 0.3) is 11.0 Å². The van der Waals surface area contributed by atoms with E-state index in [0.717, 1.165) is 12.8 Å². The number of aryl methyl sites for hydroxylation is 1. The van der Waals surface area contributed by atoms with E-state index in [4.69, 9.17) is 12.2 Å². The molecule has 1 fully saturated rings. The van der Waals surface area contributed by atoms with Crippen molar-refractivity contribution in [3.8, 4) is 0 Å². The monoisotopic (exact) mass is 250 g/mol. The quantitative estimate of drug-likeness (QED) is 0.790. The molecule has 0 bridgehead atoms. The van der Waals surface area contributed by atoms with Crippen molar-refractivity contribution in [3.05, 3.63) is 38.5 Å². The van der Waals surface area contributed by atoms with E-state index in [-0.39, 0.29) is 10.1 Å². The van der Waals surface area contributed by atoms with Gasteiger partial charge in [-0.05, 0) is 25.8 Å². The van der Waals surface area contributed by atoms with Crippen molar-refractivity contribution in [2.45, 2.75) is 25.8 Å². The molecular formula is C12H11FN2OS. The molecule has 88 valence electrons. The number of pyridine rings is 2. The molecule has 0 radical (unpaired) electrons. The number of nitrogens with one attached hydrogen (secondary N) is 1. The van der Waals surface area contributed by atoms with Gasteiger partial charge < -0.3 is 9.55 Å². The van der Waals surface area contributed by atoms with Gasteiger partial charge in [-0.1, -0.05) is 12.2 Å². The number of halogens is 1. The van der Waals surface area contributed by atoms with Crippen LogP contribution in [0, 0.1) is 17.4 Å². The number of aromatic nitrogens is 2. The number of rotatable bonds is 1. The first-order chi connectivity index (χ1) is 8.08. The van der Waals surface area contributed by atoms with E-state index in [1.165, 1.54) is 6.07 Å². The fraction of sp³-hybridized carbons (Fsp3) is 0.333. The molecule has 2 aromatic heterocycles. The third kappa shape index (κ3) is 1.61. The van der Waals surface area contributed by atoms with Gasteiger partial charge in [0.05, 0.1) is 5.39 Å². The zero-order chi connectivity index (χ0) is 12.2. The summed E-state index contributed by atoms with van der Waals surface area (Å²) in [6, 6.07) is 1.65. The second kappa shape index (κ2) is 3.50. The summed E-state index contributed by atoms with van der Waals surface area (Å²) in [7, 11) is 0. The van der Waals surface area contributed by atoms with Gasteiger partial charge in [0.25, 0.3) is 0 Å². The summed E-state index contributed by atoms with van der Waals surface area (Å²) in [5.74, 6) is -0.544. The topological polar surface area (TPSA) is 37.8 Å². The summed E-state index contributed by atoms with van der Waals surface area (Å²) in [6.45, 7) is 1.75. The lowest BCUT2D eigenvalue weighted by atomic mass is 10.2. The van der Waals surface area contributed by atoms with Gasteiger partial charge in [0, 0.05) is 17.8 Å². The van der Waals surface area contributed by atoms with Crippen LogP contribution in [0.5, 0.6) is 0 Å². The van der Waals surface area contributed by atoms with Gasteiger partial charge in [-0.25, -0.2) is 4.39 Å². The minimum atomic E-state index is -0.544. The SMILES string of the molecule is Cc1cn(C2CC2)c2[nH]c(=S)c(F)cc2c1=O. The molecule has 3 rings (SSSR count). The normalized spacial score (nSPS) is 15.4. The molecule has 2 heterocycles. The maximum absolute atomic E-state index is 13.4. The standard InChI is InChI=1S/C12H11FN2OS/c1-6-5-15(7-2-3-7)11-8(10(6)16)4-9(13)12(17)14-11/h4-5,7H,2-3H2,1H3,(H,14,17). The molecular weight excluding hydrogens is 239 g/mol. The largest absolute Gasteiger partial charge is 0.330 e. The highest BCUT2D eigenvalue weighted by atomic mass is 32.1. The molecule has 0 unspecified atom stereocenters. The Hall–Kier alpha value is -1.49. The molecule has 0 aromatic carbocycles. The average molecular weight is 250 g/mol. The van der Waals surface area contributed by atoms with Crippen molar-refractivity contribution in [2.75, 3.05) is 0 Å². The first-order valence-electron chi connectivity index (χ1n) is 5.52. The Kier molecular flexibility index (Phi) is 2.19. The minimum absolute atomic E-state index is 0.0511. The Morgan fingerprint density at radius 1 is 1.53 bits per heavy atom. The highest BCUT2D eigenvalue weighted by molar-refractivity contribution is 7.71. The number of hydrogen-bond donors (Lipinski definition) is 1. The number of aromatic amines is 1. The number of nitrogens with zero attached hydrogens (tertiary/aromatic N) is 1. The summed E-state index contributed by atoms with van der Waals surface area (Å²) in [5, 5.41) is 0.378. The second-order valence-corrected chi connectivity index (χ2v) is 4.90. The Morgan fingerprint density at radius 2 is 2.24 bits per heavy atom. The molecule has 1 aliphatic rings. The van der Waals surface area contributed by atoms with Crippen LogP contribution < -0.4 is 5.43 Å². The zero-order valence-corrected chi connectivity index (χ0v) is 10.1. The van der Waals surface area contributed by atoms with E-state index < -0.39 is 5.82 Å². The van der Waals surface area contributed by atoms with Crippen LogP contribution in [-0.4, -0.2) is 9.55 Å². The Morgan fingerprint density at radius 3 is 2.88 bits per heavy atom. The first kappa shape index (κ1) is 10.7. The van der Waals surface area contributed by atoms with E-state index in [1.807, 2.05) is 10.8 Å². The van der Waals surface area contributed by atoms with Crippen LogP contribution in [0.1, 0.15) is 24.4 Å². The summed E-state index contributed by atoms with van der Waals surface area (Å²) in [6.07, 6.45) is 4.01. The molecule has 17 heavy (non-hydrogen) atoms. The van der Waals surface area contributed by atoms with E-state index in [2.05, 4.69) is 4.98 Å². The van der Waals surface area contributed by atoms with Crippen molar-refractivity contribution in [2.24, 2.45) is 0 Å². The fourth-order valence-corrected chi connectivity index (χ4v) is 2.21. The maximum Gasteiger partial charge on any atom is 0.193 e. The molecule has 0 spiro atoms. The van der Waals surface area contributed by atoms with E-state index in [9.17, 15) is 9.18 Å². The zero-order valence-electron chi connectivity index (χ0n) is 9.29. The second-order valence-electron chi connectivity index (χ2n) is 4.49. The van der Waals surface area contributed by atoms with Crippen LogP contribution in [-0.2, 0) is 0 Å². The predicted octanol–water partition coefficient (Wildman–Crippen LogP) is 2.84. The van der Waals surface area contributed by atoms with Crippen LogP contribution in [0.4, 0.5) is 4.39 Å². The van der Waals surface area contributed by atoms with Crippen molar-refractivity contribution < 1.29 is 4.39 Å². The highest BCUT2D eigenvalue weighted by Crippen LogP contribution is 2.36. The van der Waals surface area contributed by atoms with Crippen LogP contribution >= 0.6 is 12.2 Å². The predicted molar refractivity (Wildman–Crippen MR) is 66.4 cm³/mol. The highest BCUT2D eigenvalue weighted by Gasteiger charge is 2.25. The molecule has 3 nitrogen and oxygen atoms in total. The van der Waals surface area contributed by atoms with Gasteiger partial charge in [0.15, 0.2) is 11.2 Å². The third-order valence-electron chi connectivity index (χ3n) is 3.11. The number of fused-ring (bicyclic) bond motifs is 1. The molecule has 0 amide bonds. The van der Waals surface area contributed by atoms with Gasteiger partial charge in [-0.2, -0.15) is 0 Å². The Bertz CT molecular complexity index is 728. The molecule has 1 aliphatic carbocycles.